The predicted octanol–water partition coefficient (Wildman–Crippen LogP) is 2.59. The lowest BCUT2D eigenvalue weighted by Gasteiger charge is -2.26. The van der Waals surface area contributed by atoms with E-state index in [9.17, 15) is 4.79 Å². The fourth-order valence-electron chi connectivity index (χ4n) is 3.31. The van der Waals surface area contributed by atoms with Crippen molar-refractivity contribution in [1.82, 2.24) is 10.2 Å². The fourth-order valence-corrected chi connectivity index (χ4v) is 4.20. The van der Waals surface area contributed by atoms with Crippen molar-refractivity contribution in [2.24, 2.45) is 0 Å². The van der Waals surface area contributed by atoms with Gasteiger partial charge in [-0.1, -0.05) is 18.2 Å². The van der Waals surface area contributed by atoms with Gasteiger partial charge in [0.2, 0.25) is 0 Å². The van der Waals surface area contributed by atoms with E-state index in [1.54, 1.807) is 0 Å². The van der Waals surface area contributed by atoms with Crippen molar-refractivity contribution in [3.8, 4) is 0 Å². The Balaban J connectivity index is 1.49. The average molecular weight is 319 g/mol. The Morgan fingerprint density at radius 2 is 2.18 bits per heavy atom. The first kappa shape index (κ1) is 15.5. The summed E-state index contributed by atoms with van der Waals surface area (Å²) in [6.07, 6.45) is 2.21. The van der Waals surface area contributed by atoms with E-state index >= 15 is 0 Å². The van der Waals surface area contributed by atoms with E-state index in [0.717, 1.165) is 38.2 Å². The molecule has 1 fully saturated rings. The minimum Gasteiger partial charge on any atom is -0.367 e. The van der Waals surface area contributed by atoms with Crippen LogP contribution in [0.5, 0.6) is 0 Å². The zero-order valence-corrected chi connectivity index (χ0v) is 14.1. The molecule has 120 valence electrons. The number of carbonyl (C=O) groups is 1. The molecular weight excluding hydrogens is 294 g/mol. The van der Waals surface area contributed by atoms with Gasteiger partial charge in [-0.05, 0) is 37.1 Å². The summed E-state index contributed by atoms with van der Waals surface area (Å²) in [6, 6.07) is 9.21. The number of rotatable bonds is 3. The normalized spacial score (nSPS) is 21.4. The third-order valence-corrected chi connectivity index (χ3v) is 5.54. The van der Waals surface area contributed by atoms with Crippen LogP contribution in [-0.2, 0) is 6.42 Å². The minimum absolute atomic E-state index is 0.0997. The van der Waals surface area contributed by atoms with E-state index in [1.165, 1.54) is 17.0 Å². The van der Waals surface area contributed by atoms with Gasteiger partial charge in [-0.25, -0.2) is 4.79 Å². The van der Waals surface area contributed by atoms with Crippen molar-refractivity contribution in [2.45, 2.75) is 25.8 Å². The first-order chi connectivity index (χ1) is 10.8. The molecule has 1 N–H and O–H groups in total. The molecule has 1 atom stereocenters. The second kappa shape index (κ2) is 7.27. The van der Waals surface area contributed by atoms with Gasteiger partial charge in [-0.15, -0.1) is 0 Å². The van der Waals surface area contributed by atoms with E-state index in [2.05, 4.69) is 41.4 Å². The van der Waals surface area contributed by atoms with Crippen LogP contribution in [0, 0.1) is 0 Å². The predicted molar refractivity (Wildman–Crippen MR) is 93.9 cm³/mol. The van der Waals surface area contributed by atoms with E-state index in [0.29, 0.717) is 12.6 Å². The molecule has 2 amide bonds. The number of benzene rings is 1. The summed E-state index contributed by atoms with van der Waals surface area (Å²) >= 11 is 1.94. The summed E-state index contributed by atoms with van der Waals surface area (Å²) < 4.78 is 0. The van der Waals surface area contributed by atoms with Gasteiger partial charge in [-0.3, -0.25) is 0 Å². The third-order valence-electron chi connectivity index (χ3n) is 4.49. The summed E-state index contributed by atoms with van der Waals surface area (Å²) in [5.41, 5.74) is 2.75. The first-order valence-corrected chi connectivity index (χ1v) is 9.36. The Kier molecular flexibility index (Phi) is 5.13. The molecule has 1 aromatic carbocycles. The molecule has 3 rings (SSSR count). The molecule has 0 saturated carbocycles. The molecule has 0 aromatic heterocycles. The molecule has 5 heteroatoms. The van der Waals surface area contributed by atoms with Crippen LogP contribution in [0.1, 0.15) is 18.9 Å². The van der Waals surface area contributed by atoms with Crippen LogP contribution in [0.25, 0.3) is 0 Å². The topological polar surface area (TPSA) is 35.6 Å². The summed E-state index contributed by atoms with van der Waals surface area (Å²) in [6.45, 7) is 5.61. The van der Waals surface area contributed by atoms with E-state index in [4.69, 9.17) is 0 Å². The lowest BCUT2D eigenvalue weighted by atomic mass is 10.1. The maximum Gasteiger partial charge on any atom is 0.317 e. The van der Waals surface area contributed by atoms with E-state index in [1.807, 2.05) is 16.7 Å². The average Bonchev–Trinajstić information content (AvgIpc) is 2.71. The third kappa shape index (κ3) is 3.51. The molecule has 2 aliphatic rings. The summed E-state index contributed by atoms with van der Waals surface area (Å²) in [5.74, 6) is 2.23. The van der Waals surface area contributed by atoms with Crippen molar-refractivity contribution in [3.63, 3.8) is 0 Å². The molecule has 22 heavy (non-hydrogen) atoms. The highest BCUT2D eigenvalue weighted by atomic mass is 32.2. The minimum atomic E-state index is 0.0997. The molecule has 0 radical (unpaired) electrons. The number of anilines is 1. The maximum atomic E-state index is 12.2. The monoisotopic (exact) mass is 319 g/mol. The van der Waals surface area contributed by atoms with Crippen LogP contribution >= 0.6 is 11.8 Å². The Bertz CT molecular complexity index is 514. The van der Waals surface area contributed by atoms with Gasteiger partial charge < -0.3 is 15.1 Å². The van der Waals surface area contributed by atoms with Crippen molar-refractivity contribution >= 4 is 23.5 Å². The highest BCUT2D eigenvalue weighted by Gasteiger charge is 2.25. The van der Waals surface area contributed by atoms with Crippen LogP contribution in [0.4, 0.5) is 10.5 Å². The van der Waals surface area contributed by atoms with Gasteiger partial charge >= 0.3 is 6.03 Å². The number of nitrogens with one attached hydrogen (secondary N) is 1. The Hall–Kier alpha value is -1.36. The molecule has 0 spiro atoms. The number of amides is 2. The van der Waals surface area contributed by atoms with E-state index in [-0.39, 0.29) is 6.03 Å². The van der Waals surface area contributed by atoms with Gasteiger partial charge in [0.1, 0.15) is 0 Å². The van der Waals surface area contributed by atoms with Gasteiger partial charge in [-0.2, -0.15) is 11.8 Å². The van der Waals surface area contributed by atoms with Gasteiger partial charge in [0.25, 0.3) is 0 Å². The maximum absolute atomic E-state index is 12.2. The standard InChI is InChI=1S/C17H25N3OS/c1-14-13-15-5-2-3-6-16(15)20(14)9-7-18-17(21)19-8-4-11-22-12-10-19/h2-3,5-6,14H,4,7-13H2,1H3,(H,18,21). The fraction of sp³-hybridized carbons (Fsp3) is 0.588. The second-order valence-corrected chi connectivity index (χ2v) is 7.28. The van der Waals surface area contributed by atoms with Crippen molar-refractivity contribution in [2.75, 3.05) is 42.6 Å². The molecule has 0 bridgehead atoms. The number of urea groups is 1. The first-order valence-electron chi connectivity index (χ1n) is 8.21. The SMILES string of the molecule is CC1Cc2ccccc2N1CCNC(=O)N1CCCSCC1. The van der Waals surface area contributed by atoms with E-state index < -0.39 is 0 Å². The number of hydrogen-bond acceptors (Lipinski definition) is 3. The highest BCUT2D eigenvalue weighted by Crippen LogP contribution is 2.31. The Morgan fingerprint density at radius 3 is 3.09 bits per heavy atom. The quantitative estimate of drug-likeness (QED) is 0.930. The van der Waals surface area contributed by atoms with Crippen molar-refractivity contribution in [3.05, 3.63) is 29.8 Å². The summed E-state index contributed by atoms with van der Waals surface area (Å²) in [5, 5.41) is 3.09. The molecular formula is C17H25N3OS. The van der Waals surface area contributed by atoms with Gasteiger partial charge in [0.15, 0.2) is 0 Å². The van der Waals surface area contributed by atoms with Crippen LogP contribution in [-0.4, -0.2) is 54.7 Å². The number of nitrogens with zero attached hydrogens (tertiary/aromatic N) is 2. The number of para-hydroxylation sites is 1. The van der Waals surface area contributed by atoms with Crippen LogP contribution in [0.2, 0.25) is 0 Å². The molecule has 0 aliphatic carbocycles. The molecule has 2 heterocycles. The van der Waals surface area contributed by atoms with Crippen LogP contribution < -0.4 is 10.2 Å². The lowest BCUT2D eigenvalue weighted by molar-refractivity contribution is 0.202. The van der Waals surface area contributed by atoms with Crippen LogP contribution in [0.15, 0.2) is 24.3 Å². The van der Waals surface area contributed by atoms with Crippen LogP contribution in [0.3, 0.4) is 0 Å². The zero-order valence-electron chi connectivity index (χ0n) is 13.3. The van der Waals surface area contributed by atoms with Gasteiger partial charge in [0.05, 0.1) is 0 Å². The lowest BCUT2D eigenvalue weighted by Crippen LogP contribution is -2.44. The number of hydrogen-bond donors (Lipinski definition) is 1. The molecule has 1 unspecified atom stereocenters. The van der Waals surface area contributed by atoms with Crippen molar-refractivity contribution in [1.29, 1.82) is 0 Å². The van der Waals surface area contributed by atoms with Crippen molar-refractivity contribution < 1.29 is 4.79 Å². The molecule has 1 aromatic rings. The number of thioether (sulfide) groups is 1. The highest BCUT2D eigenvalue weighted by molar-refractivity contribution is 7.99. The Labute approximate surface area is 137 Å². The number of fused-ring (bicyclic) bond motifs is 1. The second-order valence-electron chi connectivity index (χ2n) is 6.06. The zero-order chi connectivity index (χ0) is 15.4. The number of carbonyl (C=O) groups excluding carboxylic acids is 1. The smallest absolute Gasteiger partial charge is 0.317 e. The summed E-state index contributed by atoms with van der Waals surface area (Å²) in [4.78, 5) is 16.6. The largest absolute Gasteiger partial charge is 0.367 e. The van der Waals surface area contributed by atoms with Gasteiger partial charge in [0, 0.05) is 43.7 Å². The molecule has 4 nitrogen and oxygen atoms in total. The summed E-state index contributed by atoms with van der Waals surface area (Å²) in [7, 11) is 0. The molecule has 1 saturated heterocycles. The Morgan fingerprint density at radius 1 is 1.32 bits per heavy atom. The molecule has 2 aliphatic heterocycles.